The first kappa shape index (κ1) is 11.8. The van der Waals surface area contributed by atoms with Crippen molar-refractivity contribution in [3.63, 3.8) is 0 Å². The van der Waals surface area contributed by atoms with Crippen molar-refractivity contribution < 1.29 is 13.2 Å². The van der Waals surface area contributed by atoms with E-state index in [9.17, 15) is 13.2 Å². The molecular weight excluding hydrogens is 203 g/mol. The smallest absolute Gasteiger partial charge is 0.324 e. The van der Waals surface area contributed by atoms with Gasteiger partial charge in [0.25, 0.3) is 0 Å². The summed E-state index contributed by atoms with van der Waals surface area (Å²) in [5.41, 5.74) is 5.49. The topological polar surface area (TPSA) is 26.0 Å². The summed E-state index contributed by atoms with van der Waals surface area (Å²) in [4.78, 5) is 0. The lowest BCUT2D eigenvalue weighted by atomic mass is 10.0. The zero-order valence-corrected chi connectivity index (χ0v) is 8.09. The molecule has 0 fully saturated rings. The molecule has 0 aliphatic heterocycles. The van der Waals surface area contributed by atoms with Crippen LogP contribution in [0.1, 0.15) is 23.6 Å². The molecule has 2 N–H and O–H groups in total. The van der Waals surface area contributed by atoms with Gasteiger partial charge in [0.2, 0.25) is 0 Å². The van der Waals surface area contributed by atoms with Gasteiger partial charge in [-0.15, -0.1) is 6.58 Å². The van der Waals surface area contributed by atoms with Crippen LogP contribution in [0.2, 0.25) is 0 Å². The summed E-state index contributed by atoms with van der Waals surface area (Å²) in [5.74, 6) is 0. The number of halogens is 3. The Labute approximate surface area is 86.4 Å². The molecule has 0 bridgehead atoms. The highest BCUT2D eigenvalue weighted by Gasteiger charge is 2.30. The number of hydrogen-bond acceptors (Lipinski definition) is 1. The molecule has 0 radical (unpaired) electrons. The average molecular weight is 215 g/mol. The molecule has 0 aliphatic carbocycles. The quantitative estimate of drug-likeness (QED) is 0.769. The predicted molar refractivity (Wildman–Crippen MR) is 53.2 cm³/mol. The van der Waals surface area contributed by atoms with Gasteiger partial charge >= 0.3 is 6.18 Å². The average Bonchev–Trinajstić information content (AvgIpc) is 2.17. The Hall–Kier alpha value is -1.29. The number of rotatable bonds is 3. The highest BCUT2D eigenvalue weighted by atomic mass is 19.4. The Morgan fingerprint density at radius 3 is 2.60 bits per heavy atom. The van der Waals surface area contributed by atoms with Crippen molar-refractivity contribution >= 4 is 0 Å². The lowest BCUT2D eigenvalue weighted by molar-refractivity contribution is -0.137. The fourth-order valence-electron chi connectivity index (χ4n) is 1.26. The highest BCUT2D eigenvalue weighted by molar-refractivity contribution is 5.28. The minimum Gasteiger partial charge on any atom is -0.324 e. The maximum Gasteiger partial charge on any atom is 0.416 e. The minimum absolute atomic E-state index is 0.426. The van der Waals surface area contributed by atoms with Gasteiger partial charge in [0.1, 0.15) is 0 Å². The van der Waals surface area contributed by atoms with Gasteiger partial charge in [-0.05, 0) is 24.1 Å². The molecule has 0 heterocycles. The van der Waals surface area contributed by atoms with Crippen molar-refractivity contribution in [2.75, 3.05) is 0 Å². The van der Waals surface area contributed by atoms with Crippen LogP contribution in [0.3, 0.4) is 0 Å². The van der Waals surface area contributed by atoms with Crippen molar-refractivity contribution in [2.24, 2.45) is 5.73 Å². The Kier molecular flexibility index (Phi) is 3.52. The van der Waals surface area contributed by atoms with Crippen molar-refractivity contribution in [1.29, 1.82) is 0 Å². The predicted octanol–water partition coefficient (Wildman–Crippen LogP) is 3.28. The number of nitrogens with two attached hydrogens (primary N) is 1. The van der Waals surface area contributed by atoms with E-state index in [4.69, 9.17) is 5.73 Å². The summed E-state index contributed by atoms with van der Waals surface area (Å²) >= 11 is 0. The minimum atomic E-state index is -4.32. The van der Waals surface area contributed by atoms with Gasteiger partial charge in [0, 0.05) is 6.04 Å². The summed E-state index contributed by atoms with van der Waals surface area (Å²) in [5, 5.41) is 0. The molecule has 0 saturated heterocycles. The van der Waals surface area contributed by atoms with E-state index in [0.717, 1.165) is 12.1 Å². The molecule has 15 heavy (non-hydrogen) atoms. The highest BCUT2D eigenvalue weighted by Crippen LogP contribution is 2.30. The summed E-state index contributed by atoms with van der Waals surface area (Å²) in [6, 6.07) is 4.63. The maximum atomic E-state index is 12.4. The van der Waals surface area contributed by atoms with Crippen molar-refractivity contribution in [3.8, 4) is 0 Å². The van der Waals surface area contributed by atoms with Crippen molar-refractivity contribution in [1.82, 2.24) is 0 Å². The molecule has 1 rings (SSSR count). The fourth-order valence-corrected chi connectivity index (χ4v) is 1.26. The molecule has 1 nitrogen and oxygen atoms in total. The van der Waals surface area contributed by atoms with Crippen LogP contribution in [0.15, 0.2) is 36.9 Å². The second-order valence-electron chi connectivity index (χ2n) is 3.25. The third kappa shape index (κ3) is 3.09. The number of hydrogen-bond donors (Lipinski definition) is 1. The van der Waals surface area contributed by atoms with E-state index in [-0.39, 0.29) is 0 Å². The molecule has 0 aliphatic rings. The molecule has 0 amide bonds. The zero-order chi connectivity index (χ0) is 11.5. The van der Waals surface area contributed by atoms with Gasteiger partial charge in [-0.3, -0.25) is 0 Å². The fraction of sp³-hybridized carbons (Fsp3) is 0.273. The molecular formula is C11H12F3N. The van der Waals surface area contributed by atoms with Crippen LogP contribution in [0.4, 0.5) is 13.2 Å². The monoisotopic (exact) mass is 215 g/mol. The van der Waals surface area contributed by atoms with E-state index < -0.39 is 17.8 Å². The second kappa shape index (κ2) is 4.49. The zero-order valence-electron chi connectivity index (χ0n) is 8.09. The first-order valence-corrected chi connectivity index (χ1v) is 4.49. The lowest BCUT2D eigenvalue weighted by Gasteiger charge is -2.12. The standard InChI is InChI=1S/C11H12F3N/c1-2-4-10(15)8-5-3-6-9(7-8)11(12,13)14/h2-3,5-7,10H,1,4,15H2/t10-/m0/s1. The second-order valence-corrected chi connectivity index (χ2v) is 3.25. The molecule has 4 heteroatoms. The van der Waals surface area contributed by atoms with Gasteiger partial charge in [-0.1, -0.05) is 18.2 Å². The first-order chi connectivity index (χ1) is 6.95. The molecule has 82 valence electrons. The van der Waals surface area contributed by atoms with Crippen LogP contribution >= 0.6 is 0 Å². The molecule has 1 aromatic rings. The third-order valence-corrected chi connectivity index (χ3v) is 2.06. The van der Waals surface area contributed by atoms with Crippen LogP contribution in [0, 0.1) is 0 Å². The van der Waals surface area contributed by atoms with Gasteiger partial charge < -0.3 is 5.73 Å². The van der Waals surface area contributed by atoms with E-state index in [1.165, 1.54) is 6.07 Å². The maximum absolute atomic E-state index is 12.4. The van der Waals surface area contributed by atoms with Gasteiger partial charge in [-0.25, -0.2) is 0 Å². The Balaban J connectivity index is 2.97. The van der Waals surface area contributed by atoms with Crippen molar-refractivity contribution in [3.05, 3.63) is 48.0 Å². The van der Waals surface area contributed by atoms with E-state index >= 15 is 0 Å². The largest absolute Gasteiger partial charge is 0.416 e. The van der Waals surface area contributed by atoms with Gasteiger partial charge in [0.05, 0.1) is 5.56 Å². The van der Waals surface area contributed by atoms with Crippen LogP contribution in [-0.2, 0) is 6.18 Å². The summed E-state index contributed by atoms with van der Waals surface area (Å²) in [6.45, 7) is 3.50. The summed E-state index contributed by atoms with van der Waals surface area (Å²) in [6.07, 6.45) is -2.27. The molecule has 0 aromatic heterocycles. The van der Waals surface area contributed by atoms with Crippen LogP contribution in [-0.4, -0.2) is 0 Å². The van der Waals surface area contributed by atoms with Crippen molar-refractivity contribution in [2.45, 2.75) is 18.6 Å². The molecule has 1 aromatic carbocycles. The van der Waals surface area contributed by atoms with Crippen LogP contribution in [0.5, 0.6) is 0 Å². The Bertz CT molecular complexity index is 344. The van der Waals surface area contributed by atoms with Gasteiger partial charge in [-0.2, -0.15) is 13.2 Å². The van der Waals surface area contributed by atoms with E-state index in [2.05, 4.69) is 6.58 Å². The van der Waals surface area contributed by atoms with Crippen LogP contribution in [0.25, 0.3) is 0 Å². The van der Waals surface area contributed by atoms with E-state index in [1.807, 2.05) is 0 Å². The first-order valence-electron chi connectivity index (χ1n) is 4.49. The molecule has 0 spiro atoms. The summed E-state index contributed by atoms with van der Waals surface area (Å²) < 4.78 is 37.1. The Morgan fingerprint density at radius 2 is 2.07 bits per heavy atom. The van der Waals surface area contributed by atoms with E-state index in [0.29, 0.717) is 12.0 Å². The number of benzene rings is 1. The molecule has 0 saturated carbocycles. The molecule has 0 unspecified atom stereocenters. The molecule has 1 atom stereocenters. The normalized spacial score (nSPS) is 13.6. The third-order valence-electron chi connectivity index (χ3n) is 2.06. The Morgan fingerprint density at radius 1 is 1.40 bits per heavy atom. The van der Waals surface area contributed by atoms with Crippen LogP contribution < -0.4 is 5.73 Å². The van der Waals surface area contributed by atoms with Gasteiger partial charge in [0.15, 0.2) is 0 Å². The van der Waals surface area contributed by atoms with E-state index in [1.54, 1.807) is 12.1 Å². The lowest BCUT2D eigenvalue weighted by Crippen LogP contribution is -2.11. The summed E-state index contributed by atoms with van der Waals surface area (Å²) in [7, 11) is 0. The number of alkyl halides is 3. The SMILES string of the molecule is C=CC[C@H](N)c1cccc(C(F)(F)F)c1.